The quantitative estimate of drug-likeness (QED) is 0.565. The minimum atomic E-state index is -0.868. The van der Waals surface area contributed by atoms with Gasteiger partial charge in [-0.3, -0.25) is 4.79 Å². The molecule has 0 aromatic heterocycles. The largest absolute Gasteiger partial charge is 0.508 e. The zero-order valence-corrected chi connectivity index (χ0v) is 17.6. The van der Waals surface area contributed by atoms with E-state index in [1.54, 1.807) is 0 Å². The Morgan fingerprint density at radius 3 is 2.55 bits per heavy atom. The molecule has 2 saturated carbocycles. The summed E-state index contributed by atoms with van der Waals surface area (Å²) in [6.45, 7) is 7.90. The van der Waals surface area contributed by atoms with Gasteiger partial charge in [-0.2, -0.15) is 0 Å². The van der Waals surface area contributed by atoms with Gasteiger partial charge in [-0.15, -0.1) is 0 Å². The van der Waals surface area contributed by atoms with Crippen LogP contribution >= 0.6 is 0 Å². The number of fused-ring (bicyclic) bond motifs is 3. The Balaban J connectivity index is 1.89. The number of rotatable bonds is 2. The van der Waals surface area contributed by atoms with Crippen LogP contribution in [-0.2, 0) is 13.0 Å². The average molecular weight is 405 g/mol. The van der Waals surface area contributed by atoms with E-state index < -0.39 is 28.6 Å². The van der Waals surface area contributed by atoms with Crippen LogP contribution in [0.15, 0.2) is 6.07 Å². The zero-order valence-electron chi connectivity index (χ0n) is 17.6. The summed E-state index contributed by atoms with van der Waals surface area (Å²) < 4.78 is 6.65. The second kappa shape index (κ2) is 6.43. The molecule has 6 heteroatoms. The van der Waals surface area contributed by atoms with E-state index in [-0.39, 0.29) is 29.8 Å². The number of phenols is 1. The molecular formula is C23H32O6. The van der Waals surface area contributed by atoms with E-state index in [1.807, 2.05) is 13.8 Å². The molecule has 0 bridgehead atoms. The van der Waals surface area contributed by atoms with Crippen molar-refractivity contribution in [1.82, 2.24) is 0 Å². The predicted molar refractivity (Wildman–Crippen MR) is 107 cm³/mol. The van der Waals surface area contributed by atoms with Crippen LogP contribution in [0.2, 0.25) is 0 Å². The molecule has 1 spiro atoms. The van der Waals surface area contributed by atoms with Gasteiger partial charge in [0.25, 0.3) is 0 Å². The lowest BCUT2D eigenvalue weighted by atomic mass is 9.43. The molecule has 1 aromatic carbocycles. The number of aldehydes is 1. The lowest BCUT2D eigenvalue weighted by molar-refractivity contribution is -0.240. The van der Waals surface area contributed by atoms with Crippen LogP contribution < -0.4 is 4.74 Å². The average Bonchev–Trinajstić information content (AvgIpc) is 3.07. The Labute approximate surface area is 171 Å². The Hall–Kier alpha value is -1.63. The minimum Gasteiger partial charge on any atom is -0.508 e. The number of carbonyl (C=O) groups is 1. The van der Waals surface area contributed by atoms with Crippen molar-refractivity contribution in [3.63, 3.8) is 0 Å². The van der Waals surface area contributed by atoms with Gasteiger partial charge in [-0.1, -0.05) is 27.7 Å². The van der Waals surface area contributed by atoms with Crippen LogP contribution in [0.4, 0.5) is 0 Å². The molecule has 0 radical (unpaired) electrons. The lowest BCUT2D eigenvalue weighted by Crippen LogP contribution is -2.69. The van der Waals surface area contributed by atoms with E-state index in [4.69, 9.17) is 4.74 Å². The van der Waals surface area contributed by atoms with Gasteiger partial charge in [-0.25, -0.2) is 0 Å². The molecule has 3 aliphatic rings. The third kappa shape index (κ3) is 2.49. The fourth-order valence-corrected chi connectivity index (χ4v) is 6.96. The summed E-state index contributed by atoms with van der Waals surface area (Å²) in [6, 6.07) is 1.45. The van der Waals surface area contributed by atoms with Crippen molar-refractivity contribution in [2.45, 2.75) is 77.8 Å². The Morgan fingerprint density at radius 1 is 1.24 bits per heavy atom. The minimum absolute atomic E-state index is 0.0279. The second-order valence-electron chi connectivity index (χ2n) is 10.2. The summed E-state index contributed by atoms with van der Waals surface area (Å²) >= 11 is 0. The van der Waals surface area contributed by atoms with Gasteiger partial charge in [0.15, 0.2) is 6.29 Å². The molecule has 1 aromatic rings. The van der Waals surface area contributed by atoms with Gasteiger partial charge in [0.05, 0.1) is 24.4 Å². The van der Waals surface area contributed by atoms with E-state index in [0.717, 1.165) is 12.8 Å². The van der Waals surface area contributed by atoms with E-state index in [1.165, 1.54) is 6.07 Å². The first-order valence-corrected chi connectivity index (χ1v) is 10.5. The standard InChI is InChI=1S/C23H32O6/c1-12-5-6-18-21(2,3)20(28)17(27)9-22(18,4)23(12)8-14-16(26)7-13(10-24)15(11-25)19(14)29-23/h7,11-12,17-18,20,24,26-28H,5-6,8-10H2,1-4H3/t12-,17+,18-,20+,22-,23-/m0/s1. The van der Waals surface area contributed by atoms with Crippen molar-refractivity contribution in [3.8, 4) is 11.5 Å². The van der Waals surface area contributed by atoms with Gasteiger partial charge in [0, 0.05) is 17.4 Å². The zero-order chi connectivity index (χ0) is 21.4. The molecule has 29 heavy (non-hydrogen) atoms. The smallest absolute Gasteiger partial charge is 0.154 e. The van der Waals surface area contributed by atoms with E-state index in [2.05, 4.69) is 13.8 Å². The number of hydrogen-bond acceptors (Lipinski definition) is 6. The summed E-state index contributed by atoms with van der Waals surface area (Å²) in [6.07, 6.45) is 1.65. The third-order valence-corrected chi connectivity index (χ3v) is 8.57. The number of benzene rings is 1. The lowest BCUT2D eigenvalue weighted by Gasteiger charge is -2.64. The maximum absolute atomic E-state index is 11.8. The van der Waals surface area contributed by atoms with E-state index in [9.17, 15) is 25.2 Å². The first-order chi connectivity index (χ1) is 13.5. The summed E-state index contributed by atoms with van der Waals surface area (Å²) in [5.74, 6) is 0.625. The summed E-state index contributed by atoms with van der Waals surface area (Å²) in [5, 5.41) is 41.8. The highest BCUT2D eigenvalue weighted by Crippen LogP contribution is 2.66. The molecule has 6 nitrogen and oxygen atoms in total. The van der Waals surface area contributed by atoms with Gasteiger partial charge in [0.1, 0.15) is 17.1 Å². The van der Waals surface area contributed by atoms with Crippen LogP contribution in [0.5, 0.6) is 11.5 Å². The van der Waals surface area contributed by atoms with Crippen molar-refractivity contribution in [2.75, 3.05) is 0 Å². The summed E-state index contributed by atoms with van der Waals surface area (Å²) in [7, 11) is 0. The molecular weight excluding hydrogens is 372 g/mol. The Kier molecular flexibility index (Phi) is 4.58. The predicted octanol–water partition coefficient (Wildman–Crippen LogP) is 2.57. The van der Waals surface area contributed by atoms with Crippen LogP contribution in [0.1, 0.15) is 68.4 Å². The maximum Gasteiger partial charge on any atom is 0.154 e. The van der Waals surface area contributed by atoms with Crippen molar-refractivity contribution < 1.29 is 30.0 Å². The van der Waals surface area contributed by atoms with Gasteiger partial charge in [0.2, 0.25) is 0 Å². The van der Waals surface area contributed by atoms with Crippen molar-refractivity contribution in [3.05, 3.63) is 22.8 Å². The molecule has 6 atom stereocenters. The molecule has 0 unspecified atom stereocenters. The molecule has 160 valence electrons. The van der Waals surface area contributed by atoms with Crippen LogP contribution in [0.25, 0.3) is 0 Å². The number of carbonyl (C=O) groups excluding carboxylic acids is 1. The van der Waals surface area contributed by atoms with Crippen LogP contribution in [0, 0.1) is 22.7 Å². The van der Waals surface area contributed by atoms with Crippen molar-refractivity contribution in [2.24, 2.45) is 22.7 Å². The van der Waals surface area contributed by atoms with Crippen molar-refractivity contribution in [1.29, 1.82) is 0 Å². The normalized spacial score (nSPS) is 40.2. The first-order valence-electron chi connectivity index (χ1n) is 10.5. The number of aromatic hydroxyl groups is 1. The molecule has 2 fully saturated rings. The Bertz CT molecular complexity index is 848. The highest BCUT2D eigenvalue weighted by Gasteiger charge is 2.68. The SMILES string of the molecule is C[C@H]1CC[C@H]2C(C)(C)[C@H](O)[C@H](O)C[C@]2(C)[C@]12Cc1c(O)cc(CO)c(C=O)c1O2. The van der Waals surface area contributed by atoms with E-state index >= 15 is 0 Å². The fraction of sp³-hybridized carbons (Fsp3) is 0.696. The van der Waals surface area contributed by atoms with Gasteiger partial charge in [-0.05, 0) is 48.1 Å². The van der Waals surface area contributed by atoms with Crippen LogP contribution in [0.3, 0.4) is 0 Å². The number of ether oxygens (including phenoxy) is 1. The second-order valence-corrected chi connectivity index (χ2v) is 10.2. The molecule has 1 aliphatic heterocycles. The molecule has 4 N–H and O–H groups in total. The monoisotopic (exact) mass is 404 g/mol. The molecule has 2 aliphatic carbocycles. The number of phenolic OH excluding ortho intramolecular Hbond substituents is 1. The van der Waals surface area contributed by atoms with Gasteiger partial charge < -0.3 is 25.2 Å². The van der Waals surface area contributed by atoms with E-state index in [0.29, 0.717) is 36.0 Å². The van der Waals surface area contributed by atoms with Crippen molar-refractivity contribution >= 4 is 6.29 Å². The highest BCUT2D eigenvalue weighted by molar-refractivity contribution is 5.84. The third-order valence-electron chi connectivity index (χ3n) is 8.57. The molecule has 4 rings (SSSR count). The van der Waals surface area contributed by atoms with Crippen LogP contribution in [-0.4, -0.2) is 44.5 Å². The van der Waals surface area contributed by atoms with Gasteiger partial charge >= 0.3 is 0 Å². The number of aliphatic hydroxyl groups is 3. The first kappa shape index (κ1) is 20.6. The Morgan fingerprint density at radius 2 is 1.93 bits per heavy atom. The number of hydrogen-bond donors (Lipinski definition) is 4. The number of aliphatic hydroxyl groups excluding tert-OH is 3. The molecule has 0 saturated heterocycles. The molecule has 0 amide bonds. The topological polar surface area (TPSA) is 107 Å². The summed E-state index contributed by atoms with van der Waals surface area (Å²) in [5.41, 5.74) is -0.443. The fourth-order valence-electron chi connectivity index (χ4n) is 6.96. The highest BCUT2D eigenvalue weighted by atomic mass is 16.5. The maximum atomic E-state index is 11.8. The summed E-state index contributed by atoms with van der Waals surface area (Å²) in [4.78, 5) is 11.8. The molecule has 1 heterocycles.